The Hall–Kier alpha value is -0.840. The van der Waals surface area contributed by atoms with Crippen LogP contribution in [0.1, 0.15) is 38.5 Å². The molecule has 0 aliphatic heterocycles. The van der Waals surface area contributed by atoms with Gasteiger partial charge in [-0.2, -0.15) is 5.26 Å². The van der Waals surface area contributed by atoms with Crippen molar-refractivity contribution in [2.45, 2.75) is 38.5 Å². The molecule has 2 nitrogen and oxygen atoms in total. The van der Waals surface area contributed by atoms with E-state index < -0.39 is 5.41 Å². The number of rotatable bonds is 0. The molecule has 3 aliphatic carbocycles. The van der Waals surface area contributed by atoms with Crippen LogP contribution in [0.4, 0.5) is 0 Å². The van der Waals surface area contributed by atoms with Gasteiger partial charge in [0.2, 0.25) is 0 Å². The van der Waals surface area contributed by atoms with E-state index in [1.807, 2.05) is 0 Å². The van der Waals surface area contributed by atoms with Crippen LogP contribution in [0.2, 0.25) is 0 Å². The molecule has 0 bridgehead atoms. The predicted molar refractivity (Wildman–Crippen MR) is 51.2 cm³/mol. The van der Waals surface area contributed by atoms with Crippen LogP contribution in [0, 0.1) is 34.5 Å². The molecule has 3 aliphatic rings. The molecule has 0 aromatic carbocycles. The zero-order valence-electron chi connectivity index (χ0n) is 8.33. The average Bonchev–Trinajstić information content (AvgIpc) is 2.94. The number of carbonyl (C=O) groups is 1. The molecule has 14 heavy (non-hydrogen) atoms. The lowest BCUT2D eigenvalue weighted by Crippen LogP contribution is -2.37. The largest absolute Gasteiger partial charge is 0.298 e. The molecular weight excluding hydrogens is 174 g/mol. The fourth-order valence-electron chi connectivity index (χ4n) is 3.64. The summed E-state index contributed by atoms with van der Waals surface area (Å²) in [7, 11) is 0. The van der Waals surface area contributed by atoms with Crippen molar-refractivity contribution in [3.05, 3.63) is 0 Å². The van der Waals surface area contributed by atoms with Crippen LogP contribution in [0.25, 0.3) is 0 Å². The summed E-state index contributed by atoms with van der Waals surface area (Å²) in [6.45, 7) is 0. The molecule has 3 fully saturated rings. The van der Waals surface area contributed by atoms with E-state index in [1.54, 1.807) is 0 Å². The van der Waals surface area contributed by atoms with E-state index in [1.165, 1.54) is 19.3 Å². The number of Topliss-reactive ketones (excluding diaryl/α,β-unsaturated/α-hetero) is 1. The highest BCUT2D eigenvalue weighted by Crippen LogP contribution is 2.63. The summed E-state index contributed by atoms with van der Waals surface area (Å²) in [6.07, 6.45) is 6.80. The Bertz CT molecular complexity index is 330. The first-order valence-corrected chi connectivity index (χ1v) is 5.73. The monoisotopic (exact) mass is 189 g/mol. The summed E-state index contributed by atoms with van der Waals surface area (Å²) in [4.78, 5) is 12.1. The number of ketones is 1. The highest BCUT2D eigenvalue weighted by atomic mass is 16.1. The van der Waals surface area contributed by atoms with Gasteiger partial charge in [0.05, 0.1) is 6.07 Å². The molecule has 0 saturated heterocycles. The lowest BCUT2D eigenvalue weighted by molar-refractivity contribution is -0.132. The third kappa shape index (κ3) is 0.881. The van der Waals surface area contributed by atoms with E-state index in [0.29, 0.717) is 17.6 Å². The van der Waals surface area contributed by atoms with Crippen molar-refractivity contribution in [1.82, 2.24) is 0 Å². The number of hydrogen-bond donors (Lipinski definition) is 0. The number of carbonyl (C=O) groups excluding carboxylic acids is 1. The van der Waals surface area contributed by atoms with Gasteiger partial charge in [0, 0.05) is 5.92 Å². The molecule has 0 N–H and O–H groups in total. The van der Waals surface area contributed by atoms with Crippen LogP contribution >= 0.6 is 0 Å². The van der Waals surface area contributed by atoms with Gasteiger partial charge < -0.3 is 0 Å². The number of hydrogen-bond acceptors (Lipinski definition) is 2. The summed E-state index contributed by atoms with van der Waals surface area (Å²) in [6, 6.07) is 2.29. The first kappa shape index (κ1) is 8.47. The van der Waals surface area contributed by atoms with Gasteiger partial charge in [-0.3, -0.25) is 4.79 Å². The van der Waals surface area contributed by atoms with Gasteiger partial charge in [0.1, 0.15) is 5.41 Å². The number of nitriles is 1. The lowest BCUT2D eigenvalue weighted by atomic mass is 9.67. The van der Waals surface area contributed by atoms with Gasteiger partial charge in [0.25, 0.3) is 0 Å². The van der Waals surface area contributed by atoms with Crippen LogP contribution in [-0.4, -0.2) is 5.78 Å². The van der Waals surface area contributed by atoms with Gasteiger partial charge in [-0.25, -0.2) is 0 Å². The molecule has 0 aromatic heterocycles. The van der Waals surface area contributed by atoms with Crippen LogP contribution < -0.4 is 0 Å². The molecule has 0 spiro atoms. The third-order valence-electron chi connectivity index (χ3n) is 4.58. The molecule has 74 valence electrons. The predicted octanol–water partition coefficient (Wildman–Crippen LogP) is 2.30. The first-order valence-electron chi connectivity index (χ1n) is 5.73. The van der Waals surface area contributed by atoms with E-state index >= 15 is 0 Å². The highest BCUT2D eigenvalue weighted by Gasteiger charge is 2.66. The van der Waals surface area contributed by atoms with E-state index in [-0.39, 0.29) is 5.92 Å². The zero-order chi connectivity index (χ0) is 9.76. The molecule has 0 unspecified atom stereocenters. The van der Waals surface area contributed by atoms with Crippen LogP contribution in [0.5, 0.6) is 0 Å². The molecule has 0 heterocycles. The highest BCUT2D eigenvalue weighted by molar-refractivity contribution is 5.94. The molecule has 2 heteroatoms. The Kier molecular flexibility index (Phi) is 1.57. The molecule has 0 amide bonds. The third-order valence-corrected chi connectivity index (χ3v) is 4.58. The van der Waals surface area contributed by atoms with Crippen molar-refractivity contribution in [1.29, 1.82) is 5.26 Å². The quantitative estimate of drug-likeness (QED) is 0.586. The van der Waals surface area contributed by atoms with Gasteiger partial charge in [0.15, 0.2) is 5.78 Å². The van der Waals surface area contributed by atoms with Crippen molar-refractivity contribution in [3.63, 3.8) is 0 Å². The van der Waals surface area contributed by atoms with E-state index in [4.69, 9.17) is 5.26 Å². The minimum Gasteiger partial charge on any atom is -0.298 e. The molecule has 0 aromatic rings. The molecular formula is C12H15NO. The Morgan fingerprint density at radius 1 is 1.36 bits per heavy atom. The summed E-state index contributed by atoms with van der Waals surface area (Å²) in [5.74, 6) is 1.62. The Balaban J connectivity index is 1.90. The van der Waals surface area contributed by atoms with Gasteiger partial charge in [-0.1, -0.05) is 12.8 Å². The fourth-order valence-corrected chi connectivity index (χ4v) is 3.64. The Labute approximate surface area is 84.3 Å². The molecule has 4 atom stereocenters. The Morgan fingerprint density at radius 3 is 2.93 bits per heavy atom. The first-order chi connectivity index (χ1) is 6.78. The molecule has 3 rings (SSSR count). The topological polar surface area (TPSA) is 40.9 Å². The van der Waals surface area contributed by atoms with Gasteiger partial charge in [-0.15, -0.1) is 0 Å². The summed E-state index contributed by atoms with van der Waals surface area (Å²) in [5.41, 5.74) is -0.501. The molecule has 0 radical (unpaired) electrons. The number of nitrogens with zero attached hydrogens (tertiary/aromatic N) is 1. The van der Waals surface area contributed by atoms with Crippen molar-refractivity contribution >= 4 is 5.78 Å². The van der Waals surface area contributed by atoms with E-state index in [9.17, 15) is 4.79 Å². The Morgan fingerprint density at radius 2 is 2.14 bits per heavy atom. The fraction of sp³-hybridized carbons (Fsp3) is 0.833. The smallest absolute Gasteiger partial charge is 0.156 e. The van der Waals surface area contributed by atoms with Crippen molar-refractivity contribution in [2.75, 3.05) is 0 Å². The van der Waals surface area contributed by atoms with Crippen LogP contribution in [0.3, 0.4) is 0 Å². The second-order valence-corrected chi connectivity index (χ2v) is 5.24. The van der Waals surface area contributed by atoms with E-state index in [2.05, 4.69) is 6.07 Å². The zero-order valence-corrected chi connectivity index (χ0v) is 8.33. The van der Waals surface area contributed by atoms with Crippen molar-refractivity contribution < 1.29 is 4.79 Å². The minimum absolute atomic E-state index is 0.252. The van der Waals surface area contributed by atoms with Crippen LogP contribution in [0.15, 0.2) is 0 Å². The molecule has 3 saturated carbocycles. The number of fused-ring (bicyclic) bond motifs is 2. The van der Waals surface area contributed by atoms with E-state index in [0.717, 1.165) is 19.3 Å². The summed E-state index contributed by atoms with van der Waals surface area (Å²) < 4.78 is 0. The average molecular weight is 189 g/mol. The SMILES string of the molecule is N#C[C@]12C[C@H]1C[C@H]1CCCC[C@@H]1C2=O. The second kappa shape index (κ2) is 2.59. The van der Waals surface area contributed by atoms with Gasteiger partial charge in [-0.05, 0) is 37.5 Å². The lowest BCUT2D eigenvalue weighted by Gasteiger charge is -2.35. The maximum atomic E-state index is 12.1. The van der Waals surface area contributed by atoms with Crippen molar-refractivity contribution in [3.8, 4) is 6.07 Å². The minimum atomic E-state index is -0.501. The van der Waals surface area contributed by atoms with Crippen LogP contribution in [-0.2, 0) is 4.79 Å². The van der Waals surface area contributed by atoms with Crippen molar-refractivity contribution in [2.24, 2.45) is 23.2 Å². The summed E-state index contributed by atoms with van der Waals surface area (Å²) >= 11 is 0. The summed E-state index contributed by atoms with van der Waals surface area (Å²) in [5, 5.41) is 9.08. The maximum Gasteiger partial charge on any atom is 0.156 e. The standard InChI is InChI=1S/C12H15NO/c13-7-12-6-9(12)5-8-3-1-2-4-10(8)11(12)14/h8-10H,1-6H2/t8-,9-,10+,12-/m1/s1. The second-order valence-electron chi connectivity index (χ2n) is 5.24. The normalized spacial score (nSPS) is 50.2. The van der Waals surface area contributed by atoms with Gasteiger partial charge >= 0.3 is 0 Å². The maximum absolute atomic E-state index is 12.1.